The molecule has 158 valence electrons. The van der Waals surface area contributed by atoms with Crippen LogP contribution in [0.1, 0.15) is 26.5 Å². The highest BCUT2D eigenvalue weighted by molar-refractivity contribution is 5.83. The fourth-order valence-electron chi connectivity index (χ4n) is 3.75. The van der Waals surface area contributed by atoms with E-state index in [0.717, 1.165) is 49.2 Å². The van der Waals surface area contributed by atoms with Crippen molar-refractivity contribution in [2.45, 2.75) is 26.2 Å². The van der Waals surface area contributed by atoms with E-state index in [2.05, 4.69) is 73.2 Å². The third-order valence-corrected chi connectivity index (χ3v) is 5.54. The summed E-state index contributed by atoms with van der Waals surface area (Å²) in [6, 6.07) is 14.0. The molecule has 0 spiro atoms. The zero-order valence-corrected chi connectivity index (χ0v) is 18.0. The monoisotopic (exact) mass is 415 g/mol. The van der Waals surface area contributed by atoms with E-state index >= 15 is 0 Å². The van der Waals surface area contributed by atoms with E-state index < -0.39 is 0 Å². The lowest BCUT2D eigenvalue weighted by Gasteiger charge is -2.35. The summed E-state index contributed by atoms with van der Waals surface area (Å²) in [7, 11) is 0. The molecule has 4 heterocycles. The van der Waals surface area contributed by atoms with Crippen molar-refractivity contribution in [1.29, 1.82) is 0 Å². The molecule has 0 N–H and O–H groups in total. The molecule has 0 unspecified atom stereocenters. The van der Waals surface area contributed by atoms with Gasteiger partial charge in [0.05, 0.1) is 11.4 Å². The van der Waals surface area contributed by atoms with Crippen LogP contribution in [0.4, 0.5) is 11.6 Å². The zero-order chi connectivity index (χ0) is 21.4. The molecule has 5 rings (SSSR count). The molecule has 1 aromatic carbocycles. The quantitative estimate of drug-likeness (QED) is 0.505. The number of nitrogens with zero attached hydrogens (tertiary/aromatic N) is 9. The number of hydrogen-bond acceptors (Lipinski definition) is 8. The lowest BCUT2D eigenvalue weighted by Crippen LogP contribution is -2.47. The van der Waals surface area contributed by atoms with Gasteiger partial charge in [-0.3, -0.25) is 0 Å². The summed E-state index contributed by atoms with van der Waals surface area (Å²) >= 11 is 0. The van der Waals surface area contributed by atoms with Gasteiger partial charge in [0.25, 0.3) is 0 Å². The van der Waals surface area contributed by atoms with Gasteiger partial charge in [-0.2, -0.15) is 9.78 Å². The normalized spacial score (nSPS) is 14.9. The van der Waals surface area contributed by atoms with Crippen LogP contribution < -0.4 is 9.80 Å². The van der Waals surface area contributed by atoms with Crippen LogP contribution >= 0.6 is 0 Å². The van der Waals surface area contributed by atoms with Gasteiger partial charge in [-0.25, -0.2) is 9.97 Å². The average Bonchev–Trinajstić information content (AvgIpc) is 3.24. The molecule has 9 nitrogen and oxygen atoms in total. The molecule has 1 fully saturated rings. The Balaban J connectivity index is 1.35. The molecule has 31 heavy (non-hydrogen) atoms. The van der Waals surface area contributed by atoms with Crippen molar-refractivity contribution in [3.63, 3.8) is 0 Å². The molecule has 4 aromatic rings. The van der Waals surface area contributed by atoms with Crippen LogP contribution in [0.2, 0.25) is 0 Å². The van der Waals surface area contributed by atoms with Gasteiger partial charge in [0.15, 0.2) is 22.8 Å². The number of rotatable bonds is 3. The Kier molecular flexibility index (Phi) is 4.72. The van der Waals surface area contributed by atoms with Crippen LogP contribution in [0.25, 0.3) is 16.9 Å². The van der Waals surface area contributed by atoms with Crippen LogP contribution in [0.5, 0.6) is 0 Å². The fraction of sp³-hybridized carbons (Fsp3) is 0.364. The molecule has 0 aliphatic carbocycles. The van der Waals surface area contributed by atoms with Gasteiger partial charge < -0.3 is 9.80 Å². The summed E-state index contributed by atoms with van der Waals surface area (Å²) in [5, 5.41) is 17.6. The Bertz CT molecular complexity index is 1170. The molecular weight excluding hydrogens is 390 g/mol. The second-order valence-electron chi connectivity index (χ2n) is 8.71. The lowest BCUT2D eigenvalue weighted by molar-refractivity contribution is 0.556. The Hall–Kier alpha value is -3.62. The number of hydrogen-bond donors (Lipinski definition) is 0. The van der Waals surface area contributed by atoms with Crippen molar-refractivity contribution in [3.8, 4) is 5.69 Å². The standard InChI is InChI=1S/C22H25N9/c1-22(2,3)17-9-10-18(26-25-17)29-11-13-30(14-12-29)20-19-21(24-15-23-20)31(28-27-19)16-7-5-4-6-8-16/h4-10,15H,11-14H2,1-3H3. The Morgan fingerprint density at radius 2 is 1.52 bits per heavy atom. The number of piperazine rings is 1. The van der Waals surface area contributed by atoms with Crippen LogP contribution in [0, 0.1) is 0 Å². The first-order valence-electron chi connectivity index (χ1n) is 10.5. The average molecular weight is 416 g/mol. The molecular formula is C22H25N9. The first-order chi connectivity index (χ1) is 15.0. The van der Waals surface area contributed by atoms with E-state index in [0.29, 0.717) is 11.2 Å². The van der Waals surface area contributed by atoms with Crippen molar-refractivity contribution in [3.05, 3.63) is 54.5 Å². The third-order valence-electron chi connectivity index (χ3n) is 5.54. The number of anilines is 2. The van der Waals surface area contributed by atoms with Crippen LogP contribution in [0.15, 0.2) is 48.8 Å². The molecule has 0 radical (unpaired) electrons. The number of fused-ring (bicyclic) bond motifs is 1. The van der Waals surface area contributed by atoms with Gasteiger partial charge in [-0.15, -0.1) is 10.2 Å². The summed E-state index contributed by atoms with van der Waals surface area (Å²) in [6.07, 6.45) is 1.59. The molecule has 3 aromatic heterocycles. The number of para-hydroxylation sites is 1. The summed E-state index contributed by atoms with van der Waals surface area (Å²) in [5.41, 5.74) is 3.35. The molecule has 1 aliphatic heterocycles. The minimum absolute atomic E-state index is 0.000193. The number of benzene rings is 1. The maximum absolute atomic E-state index is 4.53. The highest BCUT2D eigenvalue weighted by Crippen LogP contribution is 2.25. The topological polar surface area (TPSA) is 88.8 Å². The highest BCUT2D eigenvalue weighted by Gasteiger charge is 2.24. The third kappa shape index (κ3) is 3.67. The summed E-state index contributed by atoms with van der Waals surface area (Å²) in [4.78, 5) is 13.5. The van der Waals surface area contributed by atoms with E-state index in [1.807, 2.05) is 30.3 Å². The fourth-order valence-corrected chi connectivity index (χ4v) is 3.75. The van der Waals surface area contributed by atoms with E-state index in [-0.39, 0.29) is 5.41 Å². The van der Waals surface area contributed by atoms with Crippen LogP contribution in [-0.4, -0.2) is 61.3 Å². The van der Waals surface area contributed by atoms with Gasteiger partial charge in [0.1, 0.15) is 6.33 Å². The Labute approximate surface area is 180 Å². The minimum atomic E-state index is -0.000193. The maximum Gasteiger partial charge on any atom is 0.189 e. The van der Waals surface area contributed by atoms with Crippen molar-refractivity contribution in [2.24, 2.45) is 0 Å². The molecule has 0 amide bonds. The van der Waals surface area contributed by atoms with Crippen molar-refractivity contribution in [2.75, 3.05) is 36.0 Å². The SMILES string of the molecule is CC(C)(C)c1ccc(N2CCN(c3ncnc4c3nnn4-c3ccccc3)CC2)nn1. The van der Waals surface area contributed by atoms with Crippen molar-refractivity contribution in [1.82, 2.24) is 35.2 Å². The molecule has 1 aliphatic rings. The van der Waals surface area contributed by atoms with Gasteiger partial charge in [0, 0.05) is 31.6 Å². The number of aromatic nitrogens is 7. The molecule has 0 atom stereocenters. The van der Waals surface area contributed by atoms with E-state index in [1.165, 1.54) is 0 Å². The first kappa shape index (κ1) is 19.3. The smallest absolute Gasteiger partial charge is 0.189 e. The Morgan fingerprint density at radius 3 is 2.19 bits per heavy atom. The van der Waals surface area contributed by atoms with E-state index in [4.69, 9.17) is 0 Å². The van der Waals surface area contributed by atoms with E-state index in [1.54, 1.807) is 11.0 Å². The second-order valence-corrected chi connectivity index (χ2v) is 8.71. The van der Waals surface area contributed by atoms with Gasteiger partial charge in [-0.1, -0.05) is 44.2 Å². The lowest BCUT2D eigenvalue weighted by atomic mass is 9.92. The van der Waals surface area contributed by atoms with Crippen molar-refractivity contribution < 1.29 is 0 Å². The van der Waals surface area contributed by atoms with Gasteiger partial charge in [-0.05, 0) is 24.3 Å². The minimum Gasteiger partial charge on any atom is -0.352 e. The molecule has 1 saturated heterocycles. The van der Waals surface area contributed by atoms with Crippen LogP contribution in [-0.2, 0) is 5.41 Å². The van der Waals surface area contributed by atoms with Gasteiger partial charge >= 0.3 is 0 Å². The molecule has 0 bridgehead atoms. The molecule has 0 saturated carbocycles. The highest BCUT2D eigenvalue weighted by atomic mass is 15.5. The second kappa shape index (κ2) is 7.57. The van der Waals surface area contributed by atoms with Crippen LogP contribution in [0.3, 0.4) is 0 Å². The maximum atomic E-state index is 4.53. The predicted octanol–water partition coefficient (Wildman–Crippen LogP) is 2.62. The molecule has 9 heteroatoms. The largest absolute Gasteiger partial charge is 0.352 e. The summed E-state index contributed by atoms with van der Waals surface area (Å²) < 4.78 is 1.75. The van der Waals surface area contributed by atoms with Gasteiger partial charge in [0.2, 0.25) is 0 Å². The Morgan fingerprint density at radius 1 is 0.774 bits per heavy atom. The first-order valence-corrected chi connectivity index (χ1v) is 10.5. The summed E-state index contributed by atoms with van der Waals surface area (Å²) in [5.74, 6) is 1.73. The van der Waals surface area contributed by atoms with E-state index in [9.17, 15) is 0 Å². The zero-order valence-electron chi connectivity index (χ0n) is 18.0. The summed E-state index contributed by atoms with van der Waals surface area (Å²) in [6.45, 7) is 9.73. The van der Waals surface area contributed by atoms with Crippen molar-refractivity contribution >= 4 is 22.8 Å². The predicted molar refractivity (Wildman–Crippen MR) is 120 cm³/mol.